The van der Waals surface area contributed by atoms with Crippen molar-refractivity contribution in [3.63, 3.8) is 0 Å². The average Bonchev–Trinajstić information content (AvgIpc) is 3.66. The molecule has 0 radical (unpaired) electrons. The first-order valence-electron chi connectivity index (χ1n) is 20.9. The quantitative estimate of drug-likeness (QED) is 0.146. The molecule has 0 aliphatic rings. The highest BCUT2D eigenvalue weighted by atomic mass is 16.3. The van der Waals surface area contributed by atoms with Gasteiger partial charge in [0, 0.05) is 16.2 Å². The van der Waals surface area contributed by atoms with E-state index in [1.807, 2.05) is 0 Å². The number of hydrogen-bond donors (Lipinski definition) is 0. The van der Waals surface area contributed by atoms with Gasteiger partial charge >= 0.3 is 0 Å². The Labute approximate surface area is 351 Å². The molecule has 11 rings (SSSR count). The average molecular weight is 741 g/mol. The van der Waals surface area contributed by atoms with Crippen LogP contribution in [0.1, 0.15) is 0 Å². The second kappa shape index (κ2) is 13.2. The summed E-state index contributed by atoms with van der Waals surface area (Å²) in [4.78, 5) is 0. The Hall–Kier alpha value is -6.18. The Morgan fingerprint density at radius 2 is 0.746 bits per heavy atom. The summed E-state index contributed by atoms with van der Waals surface area (Å²) in [7, 11) is 18.6. The van der Waals surface area contributed by atoms with Gasteiger partial charge in [-0.3, -0.25) is 0 Å². The molecular weight excluding hydrogens is 703 g/mol. The molecule has 9 heteroatoms. The molecule has 1 aromatic heterocycles. The van der Waals surface area contributed by atoms with E-state index in [9.17, 15) is 0 Å². The zero-order valence-corrected chi connectivity index (χ0v) is 35.1. The van der Waals surface area contributed by atoms with E-state index in [2.05, 4.69) is 196 Å². The molecule has 0 amide bonds. The third-order valence-electron chi connectivity index (χ3n) is 14.3. The minimum Gasteiger partial charge on any atom is -0.455 e. The van der Waals surface area contributed by atoms with Crippen LogP contribution in [0.2, 0.25) is 0 Å². The van der Waals surface area contributed by atoms with Gasteiger partial charge in [0.05, 0.1) is 0 Å². The Balaban J connectivity index is 1.24. The lowest BCUT2D eigenvalue weighted by molar-refractivity contribution is 0.672. The molecule has 11 aromatic rings. The van der Waals surface area contributed by atoms with Crippen LogP contribution in [0.25, 0.3) is 109 Å². The summed E-state index contributed by atoms with van der Waals surface area (Å²) in [6, 6.07) is 49.3. The molecule has 0 aliphatic heterocycles. The van der Waals surface area contributed by atoms with Gasteiger partial charge < -0.3 is 4.42 Å². The smallest absolute Gasteiger partial charge is 0.143 e. The standard InChI is InChI=1S/C50H38B8O/c51-42-38-36(28-14-17-31-27(21-28)11-10-26-20-25(13-16-30(26)31)23-6-2-1-3-7-23)39-41(45(54)49(58)47(56)43(39)52)37(40(38)44(53)48(57)46(42)55)29-15-19-35-34(22-29)33-18-12-24-8-4-5-9-32(24)50(33)59-35/h1-22H,51-58H2. The first-order valence-corrected chi connectivity index (χ1v) is 20.9. The van der Waals surface area contributed by atoms with Crippen LogP contribution in [0, 0.1) is 0 Å². The van der Waals surface area contributed by atoms with Gasteiger partial charge in [-0.05, 0) is 112 Å². The monoisotopic (exact) mass is 742 g/mol. The molecule has 1 heterocycles. The topological polar surface area (TPSA) is 13.1 Å². The molecule has 0 unspecified atom stereocenters. The van der Waals surface area contributed by atoms with Crippen molar-refractivity contribution in [3.05, 3.63) is 133 Å². The molecule has 0 spiro atoms. The molecule has 0 saturated carbocycles. The molecule has 59 heavy (non-hydrogen) atoms. The number of rotatable bonds is 3. The first kappa shape index (κ1) is 35.9. The lowest BCUT2D eigenvalue weighted by atomic mass is 9.59. The van der Waals surface area contributed by atoms with E-state index in [1.54, 1.807) is 0 Å². The van der Waals surface area contributed by atoms with Crippen molar-refractivity contribution in [2.45, 2.75) is 0 Å². The Morgan fingerprint density at radius 3 is 1.34 bits per heavy atom. The first-order chi connectivity index (χ1) is 28.6. The fourth-order valence-corrected chi connectivity index (χ4v) is 10.4. The predicted octanol–water partition coefficient (Wildman–Crippen LogP) is 0.420. The van der Waals surface area contributed by atoms with Crippen molar-refractivity contribution in [2.75, 3.05) is 0 Å². The van der Waals surface area contributed by atoms with Crippen LogP contribution in [0.4, 0.5) is 0 Å². The van der Waals surface area contributed by atoms with Crippen LogP contribution in [-0.4, -0.2) is 62.8 Å². The maximum absolute atomic E-state index is 6.65. The van der Waals surface area contributed by atoms with E-state index in [-0.39, 0.29) is 0 Å². The largest absolute Gasteiger partial charge is 0.455 e. The van der Waals surface area contributed by atoms with Gasteiger partial charge in [-0.15, -0.1) is 21.9 Å². The number of fused-ring (bicyclic) bond motifs is 10. The minimum atomic E-state index is 0.921. The van der Waals surface area contributed by atoms with Crippen LogP contribution < -0.4 is 43.7 Å². The Kier molecular flexibility index (Phi) is 8.02. The maximum atomic E-state index is 6.65. The molecule has 10 aromatic carbocycles. The van der Waals surface area contributed by atoms with E-state index in [0.29, 0.717) is 0 Å². The molecule has 0 fully saturated rings. The zero-order valence-electron chi connectivity index (χ0n) is 35.1. The lowest BCUT2D eigenvalue weighted by Gasteiger charge is -2.28. The van der Waals surface area contributed by atoms with Gasteiger partial charge in [0.2, 0.25) is 0 Å². The lowest BCUT2D eigenvalue weighted by Crippen LogP contribution is -2.50. The third kappa shape index (κ3) is 5.16. The summed E-state index contributed by atoms with van der Waals surface area (Å²) in [5, 5.41) is 15.2. The van der Waals surface area contributed by atoms with E-state index in [4.69, 9.17) is 4.42 Å². The fraction of sp³-hybridized carbons (Fsp3) is 0. The Morgan fingerprint density at radius 1 is 0.288 bits per heavy atom. The Bertz CT molecular complexity index is 3570. The third-order valence-corrected chi connectivity index (χ3v) is 14.3. The predicted molar refractivity (Wildman–Crippen MR) is 283 cm³/mol. The second-order valence-corrected chi connectivity index (χ2v) is 17.0. The van der Waals surface area contributed by atoms with Crippen molar-refractivity contribution >= 4 is 182 Å². The normalized spacial score (nSPS) is 11.9. The van der Waals surface area contributed by atoms with Gasteiger partial charge in [-0.1, -0.05) is 125 Å². The van der Waals surface area contributed by atoms with Crippen molar-refractivity contribution in [3.8, 4) is 33.4 Å². The minimum absolute atomic E-state index is 0.921. The van der Waals surface area contributed by atoms with E-state index in [0.717, 1.165) is 27.3 Å². The highest BCUT2D eigenvalue weighted by Gasteiger charge is 2.26. The van der Waals surface area contributed by atoms with Crippen molar-refractivity contribution < 1.29 is 4.42 Å². The summed E-state index contributed by atoms with van der Waals surface area (Å²) in [5.74, 6) is 0. The molecule has 0 aliphatic carbocycles. The van der Waals surface area contributed by atoms with Gasteiger partial charge in [-0.2, -0.15) is 0 Å². The van der Waals surface area contributed by atoms with Gasteiger partial charge in [0.1, 0.15) is 73.9 Å². The van der Waals surface area contributed by atoms with E-state index >= 15 is 0 Å². The van der Waals surface area contributed by atoms with Gasteiger partial charge in [0.25, 0.3) is 0 Å². The van der Waals surface area contributed by atoms with Crippen LogP contribution in [0.15, 0.2) is 138 Å². The molecule has 0 bridgehead atoms. The number of benzene rings is 10. The summed E-state index contributed by atoms with van der Waals surface area (Å²) in [6.07, 6.45) is 0. The zero-order chi connectivity index (χ0) is 40.4. The molecule has 0 N–H and O–H groups in total. The fourth-order valence-electron chi connectivity index (χ4n) is 10.4. The number of furan rings is 1. The second-order valence-electron chi connectivity index (χ2n) is 17.0. The van der Waals surface area contributed by atoms with Crippen molar-refractivity contribution in [1.82, 2.24) is 0 Å². The summed E-state index contributed by atoms with van der Waals surface area (Å²) in [5.41, 5.74) is 20.4. The highest BCUT2D eigenvalue weighted by Crippen LogP contribution is 2.44. The van der Waals surface area contributed by atoms with Crippen molar-refractivity contribution in [1.29, 1.82) is 0 Å². The van der Waals surface area contributed by atoms with Gasteiger partial charge in [-0.25, -0.2) is 0 Å². The van der Waals surface area contributed by atoms with Gasteiger partial charge in [0.15, 0.2) is 0 Å². The van der Waals surface area contributed by atoms with Crippen LogP contribution in [0.3, 0.4) is 0 Å². The SMILES string of the molecule is Bc1c(B)c(B)c2c(-c3ccc4oc5c6ccccc6ccc5c4c3)c3c(B)c(B)c(B)c(B)c3c(-c3ccc4c(ccc5cc(-c6ccccc6)ccc54)c3)c2c1B. The molecule has 0 saturated heterocycles. The summed E-state index contributed by atoms with van der Waals surface area (Å²) >= 11 is 0. The molecular formula is C50H38B8O. The number of hydrogen-bond acceptors (Lipinski definition) is 1. The van der Waals surface area contributed by atoms with E-state index in [1.165, 1.54) is 126 Å². The summed E-state index contributed by atoms with van der Waals surface area (Å²) in [6.45, 7) is 0. The van der Waals surface area contributed by atoms with Crippen LogP contribution >= 0.6 is 0 Å². The molecule has 1 nitrogen and oxygen atoms in total. The summed E-state index contributed by atoms with van der Waals surface area (Å²) < 4.78 is 6.65. The molecule has 0 atom stereocenters. The highest BCUT2D eigenvalue weighted by molar-refractivity contribution is 6.71. The van der Waals surface area contributed by atoms with Crippen molar-refractivity contribution in [2.24, 2.45) is 0 Å². The van der Waals surface area contributed by atoms with Crippen LogP contribution in [-0.2, 0) is 0 Å². The van der Waals surface area contributed by atoms with Crippen LogP contribution in [0.5, 0.6) is 0 Å². The maximum Gasteiger partial charge on any atom is 0.143 e. The molecule has 268 valence electrons. The van der Waals surface area contributed by atoms with E-state index < -0.39 is 0 Å².